The van der Waals surface area contributed by atoms with Crippen LogP contribution in [-0.2, 0) is 9.57 Å². The summed E-state index contributed by atoms with van der Waals surface area (Å²) in [6.45, 7) is 2.58. The summed E-state index contributed by atoms with van der Waals surface area (Å²) in [6, 6.07) is 0.532. The van der Waals surface area contributed by atoms with Crippen molar-refractivity contribution in [3.8, 4) is 0 Å². The fourth-order valence-electron chi connectivity index (χ4n) is 1.46. The highest BCUT2D eigenvalue weighted by Crippen LogP contribution is 2.24. The van der Waals surface area contributed by atoms with Crippen LogP contribution in [0.2, 0.25) is 0 Å². The van der Waals surface area contributed by atoms with E-state index in [1.807, 2.05) is 12.1 Å². The van der Waals surface area contributed by atoms with Gasteiger partial charge >= 0.3 is 0 Å². The molecule has 2 fully saturated rings. The minimum Gasteiger partial charge on any atom is -0.379 e. The Morgan fingerprint density at radius 2 is 2.22 bits per heavy atom. The van der Waals surface area contributed by atoms with Crippen LogP contribution in [-0.4, -0.2) is 38.0 Å². The van der Waals surface area contributed by atoms with Crippen molar-refractivity contribution < 1.29 is 9.57 Å². The van der Waals surface area contributed by atoms with Gasteiger partial charge in [-0.3, -0.25) is 4.84 Å². The van der Waals surface area contributed by atoms with E-state index in [4.69, 9.17) is 9.57 Å². The second kappa shape index (κ2) is 1.94. The number of rotatable bonds is 0. The summed E-state index contributed by atoms with van der Waals surface area (Å²) in [6.07, 6.45) is 0. The molecule has 9 heavy (non-hydrogen) atoms. The first-order valence-electron chi connectivity index (χ1n) is 3.31. The van der Waals surface area contributed by atoms with E-state index in [0.717, 1.165) is 19.8 Å². The van der Waals surface area contributed by atoms with Crippen molar-refractivity contribution in [2.24, 2.45) is 5.92 Å². The zero-order valence-electron chi connectivity index (χ0n) is 5.54. The SMILES string of the molecule is CN1OC[C@H]2COC[C@H]21. The zero-order chi connectivity index (χ0) is 6.27. The number of hydrogen-bond acceptors (Lipinski definition) is 3. The number of fused-ring (bicyclic) bond motifs is 1. The van der Waals surface area contributed by atoms with E-state index in [1.54, 1.807) is 0 Å². The summed E-state index contributed by atoms with van der Waals surface area (Å²) < 4.78 is 5.26. The van der Waals surface area contributed by atoms with E-state index in [9.17, 15) is 0 Å². The molecule has 2 heterocycles. The molecule has 0 amide bonds. The maximum atomic E-state index is 5.27. The number of ether oxygens (including phenoxy) is 1. The van der Waals surface area contributed by atoms with Crippen LogP contribution in [0.5, 0.6) is 0 Å². The fourth-order valence-corrected chi connectivity index (χ4v) is 1.46. The lowest BCUT2D eigenvalue weighted by atomic mass is 10.1. The minimum atomic E-state index is 0.532. The maximum absolute atomic E-state index is 5.27. The largest absolute Gasteiger partial charge is 0.379 e. The molecule has 2 atom stereocenters. The summed E-state index contributed by atoms with van der Waals surface area (Å²) >= 11 is 0. The third kappa shape index (κ3) is 0.764. The van der Waals surface area contributed by atoms with Gasteiger partial charge in [0.25, 0.3) is 0 Å². The zero-order valence-corrected chi connectivity index (χ0v) is 5.54. The molecular weight excluding hydrogens is 118 g/mol. The normalized spacial score (nSPS) is 43.7. The fraction of sp³-hybridized carbons (Fsp3) is 1.00. The highest BCUT2D eigenvalue weighted by atomic mass is 16.7. The van der Waals surface area contributed by atoms with E-state index in [1.165, 1.54) is 0 Å². The van der Waals surface area contributed by atoms with Crippen molar-refractivity contribution in [1.82, 2.24) is 5.06 Å². The van der Waals surface area contributed by atoms with Crippen molar-refractivity contribution in [2.45, 2.75) is 6.04 Å². The van der Waals surface area contributed by atoms with Crippen LogP contribution in [0.1, 0.15) is 0 Å². The molecule has 3 nitrogen and oxygen atoms in total. The van der Waals surface area contributed by atoms with E-state index in [-0.39, 0.29) is 0 Å². The molecule has 0 saturated carbocycles. The predicted molar refractivity (Wildman–Crippen MR) is 31.8 cm³/mol. The molecule has 52 valence electrons. The topological polar surface area (TPSA) is 21.7 Å². The van der Waals surface area contributed by atoms with Gasteiger partial charge in [0.05, 0.1) is 25.9 Å². The van der Waals surface area contributed by atoms with E-state index >= 15 is 0 Å². The van der Waals surface area contributed by atoms with Gasteiger partial charge in [-0.2, -0.15) is 5.06 Å². The molecule has 0 bridgehead atoms. The Hall–Kier alpha value is -0.120. The first-order chi connectivity index (χ1) is 4.38. The van der Waals surface area contributed by atoms with Gasteiger partial charge in [-0.15, -0.1) is 0 Å². The molecule has 0 radical (unpaired) electrons. The molecule has 0 aliphatic carbocycles. The average Bonchev–Trinajstić information content (AvgIpc) is 2.35. The summed E-state index contributed by atoms with van der Waals surface area (Å²) in [4.78, 5) is 5.27. The van der Waals surface area contributed by atoms with Crippen LogP contribution >= 0.6 is 0 Å². The summed E-state index contributed by atoms with van der Waals surface area (Å²) in [5, 5.41) is 1.91. The van der Waals surface area contributed by atoms with Crippen LogP contribution in [0.4, 0.5) is 0 Å². The molecule has 0 aromatic rings. The van der Waals surface area contributed by atoms with E-state index in [0.29, 0.717) is 12.0 Å². The van der Waals surface area contributed by atoms with Crippen LogP contribution in [0.3, 0.4) is 0 Å². The van der Waals surface area contributed by atoms with Crippen LogP contribution in [0.15, 0.2) is 0 Å². The lowest BCUT2D eigenvalue weighted by molar-refractivity contribution is -0.120. The Labute approximate surface area is 54.5 Å². The molecule has 2 aliphatic rings. The van der Waals surface area contributed by atoms with Gasteiger partial charge in [-0.05, 0) is 0 Å². The highest BCUT2D eigenvalue weighted by Gasteiger charge is 2.37. The van der Waals surface area contributed by atoms with Gasteiger partial charge in [-0.25, -0.2) is 0 Å². The number of nitrogens with zero attached hydrogens (tertiary/aromatic N) is 1. The summed E-state index contributed by atoms with van der Waals surface area (Å²) in [5.74, 6) is 0.634. The quantitative estimate of drug-likeness (QED) is 0.455. The van der Waals surface area contributed by atoms with Gasteiger partial charge in [0.15, 0.2) is 0 Å². The molecule has 0 aromatic heterocycles. The van der Waals surface area contributed by atoms with E-state index < -0.39 is 0 Å². The lowest BCUT2D eigenvalue weighted by Crippen LogP contribution is -2.27. The maximum Gasteiger partial charge on any atom is 0.0752 e. The molecule has 0 aromatic carbocycles. The van der Waals surface area contributed by atoms with Crippen LogP contribution in [0, 0.1) is 5.92 Å². The molecule has 2 aliphatic heterocycles. The summed E-state index contributed by atoms with van der Waals surface area (Å²) in [5.41, 5.74) is 0. The first-order valence-corrected chi connectivity index (χ1v) is 3.31. The third-order valence-electron chi connectivity index (χ3n) is 2.12. The van der Waals surface area contributed by atoms with Crippen molar-refractivity contribution in [3.63, 3.8) is 0 Å². The van der Waals surface area contributed by atoms with Gasteiger partial charge in [-0.1, -0.05) is 0 Å². The number of hydroxylamine groups is 2. The van der Waals surface area contributed by atoms with Gasteiger partial charge < -0.3 is 4.74 Å². The second-order valence-electron chi connectivity index (χ2n) is 2.71. The Bertz CT molecular complexity index is 118. The molecule has 0 N–H and O–H groups in total. The number of likely N-dealkylation sites (N-methyl/N-ethyl adjacent to an activating group) is 1. The van der Waals surface area contributed by atoms with Crippen molar-refractivity contribution in [2.75, 3.05) is 26.9 Å². The predicted octanol–water partition coefficient (Wildman–Crippen LogP) is -0.122. The third-order valence-corrected chi connectivity index (χ3v) is 2.12. The van der Waals surface area contributed by atoms with Gasteiger partial charge in [0.2, 0.25) is 0 Å². The van der Waals surface area contributed by atoms with E-state index in [2.05, 4.69) is 0 Å². The highest BCUT2D eigenvalue weighted by molar-refractivity contribution is 4.82. The molecule has 2 rings (SSSR count). The molecule has 0 unspecified atom stereocenters. The molecular formula is C6H11NO2. The Morgan fingerprint density at radius 3 is 3.00 bits per heavy atom. The Kier molecular flexibility index (Phi) is 1.22. The Morgan fingerprint density at radius 1 is 1.33 bits per heavy atom. The monoisotopic (exact) mass is 129 g/mol. The summed E-state index contributed by atoms with van der Waals surface area (Å²) in [7, 11) is 1.97. The minimum absolute atomic E-state index is 0.532. The van der Waals surface area contributed by atoms with Crippen LogP contribution in [0.25, 0.3) is 0 Å². The smallest absolute Gasteiger partial charge is 0.0752 e. The molecule has 2 saturated heterocycles. The standard InChI is InChI=1S/C6H11NO2/c1-7-6-4-8-2-5(6)3-9-7/h5-6H,2-4H2,1H3/t5-,6-/m1/s1. The molecule has 3 heteroatoms. The number of hydrogen-bond donors (Lipinski definition) is 0. The van der Waals surface area contributed by atoms with Gasteiger partial charge in [0.1, 0.15) is 0 Å². The first kappa shape index (κ1) is 5.65. The average molecular weight is 129 g/mol. The van der Waals surface area contributed by atoms with Crippen molar-refractivity contribution >= 4 is 0 Å². The second-order valence-corrected chi connectivity index (χ2v) is 2.71. The van der Waals surface area contributed by atoms with Crippen molar-refractivity contribution in [1.29, 1.82) is 0 Å². The Balaban J connectivity index is 2.07. The van der Waals surface area contributed by atoms with Gasteiger partial charge in [0, 0.05) is 13.0 Å². The lowest BCUT2D eigenvalue weighted by Gasteiger charge is -2.12. The van der Waals surface area contributed by atoms with Crippen LogP contribution < -0.4 is 0 Å². The van der Waals surface area contributed by atoms with Crippen molar-refractivity contribution in [3.05, 3.63) is 0 Å². The molecule has 0 spiro atoms.